The molecule has 1 rings (SSSR count). The summed E-state index contributed by atoms with van der Waals surface area (Å²) in [5.74, 6) is 0.00224. The predicted octanol–water partition coefficient (Wildman–Crippen LogP) is 1.43. The standard InChI is InChI=1S/C14H22N2O2S/c1-10(13(9-17)19-2)16-14(18)7-6-11-4-3-5-12(15)8-11/h3-5,8,10,13,17H,6-7,9,15H2,1-2H3,(H,16,18). The van der Waals surface area contributed by atoms with Crippen molar-refractivity contribution in [3.8, 4) is 0 Å². The third-order valence-corrected chi connectivity index (χ3v) is 4.18. The highest BCUT2D eigenvalue weighted by molar-refractivity contribution is 7.99. The molecule has 2 unspecified atom stereocenters. The fraction of sp³-hybridized carbons (Fsp3) is 0.500. The molecule has 0 saturated carbocycles. The second kappa shape index (κ2) is 8.07. The first-order valence-electron chi connectivity index (χ1n) is 6.34. The number of hydrogen-bond acceptors (Lipinski definition) is 4. The van der Waals surface area contributed by atoms with Crippen molar-refractivity contribution in [1.29, 1.82) is 0 Å². The highest BCUT2D eigenvalue weighted by Crippen LogP contribution is 2.11. The van der Waals surface area contributed by atoms with Gasteiger partial charge in [-0.05, 0) is 37.3 Å². The summed E-state index contributed by atoms with van der Waals surface area (Å²) in [6, 6.07) is 7.53. The fourth-order valence-electron chi connectivity index (χ4n) is 1.86. The number of aliphatic hydroxyl groups is 1. The highest BCUT2D eigenvalue weighted by Gasteiger charge is 2.16. The number of carbonyl (C=O) groups excluding carboxylic acids is 1. The van der Waals surface area contributed by atoms with Crippen LogP contribution in [0, 0.1) is 0 Å². The number of anilines is 1. The molecule has 0 heterocycles. The van der Waals surface area contributed by atoms with Crippen LogP contribution in [-0.4, -0.2) is 35.2 Å². The number of benzene rings is 1. The van der Waals surface area contributed by atoms with Crippen LogP contribution < -0.4 is 11.1 Å². The Morgan fingerprint density at radius 2 is 2.26 bits per heavy atom. The molecular formula is C14H22N2O2S. The lowest BCUT2D eigenvalue weighted by Gasteiger charge is -2.21. The maximum absolute atomic E-state index is 11.8. The molecule has 0 aliphatic rings. The van der Waals surface area contributed by atoms with Gasteiger partial charge in [0.2, 0.25) is 5.91 Å². The molecule has 106 valence electrons. The number of carbonyl (C=O) groups is 1. The zero-order chi connectivity index (χ0) is 14.3. The van der Waals surface area contributed by atoms with E-state index in [0.29, 0.717) is 18.5 Å². The minimum Gasteiger partial charge on any atom is -0.399 e. The summed E-state index contributed by atoms with van der Waals surface area (Å²) in [5, 5.41) is 12.1. The smallest absolute Gasteiger partial charge is 0.220 e. The van der Waals surface area contributed by atoms with Gasteiger partial charge in [0.15, 0.2) is 0 Å². The summed E-state index contributed by atoms with van der Waals surface area (Å²) < 4.78 is 0. The number of nitrogens with two attached hydrogens (primary N) is 1. The first kappa shape index (κ1) is 15.9. The molecule has 19 heavy (non-hydrogen) atoms. The summed E-state index contributed by atoms with van der Waals surface area (Å²) in [6.07, 6.45) is 3.03. The summed E-state index contributed by atoms with van der Waals surface area (Å²) >= 11 is 1.56. The van der Waals surface area contributed by atoms with Crippen molar-refractivity contribution in [3.05, 3.63) is 29.8 Å². The van der Waals surface area contributed by atoms with Crippen molar-refractivity contribution < 1.29 is 9.90 Å². The molecule has 0 aliphatic heterocycles. The molecule has 0 aromatic heterocycles. The summed E-state index contributed by atoms with van der Waals surface area (Å²) in [4.78, 5) is 11.8. The quantitative estimate of drug-likeness (QED) is 0.661. The van der Waals surface area contributed by atoms with Crippen LogP contribution in [0.1, 0.15) is 18.9 Å². The Labute approximate surface area is 118 Å². The van der Waals surface area contributed by atoms with Gasteiger partial charge in [-0.2, -0.15) is 11.8 Å². The molecule has 1 amide bonds. The fourth-order valence-corrected chi connectivity index (χ4v) is 2.49. The monoisotopic (exact) mass is 282 g/mol. The Morgan fingerprint density at radius 1 is 1.53 bits per heavy atom. The van der Waals surface area contributed by atoms with E-state index < -0.39 is 0 Å². The molecular weight excluding hydrogens is 260 g/mol. The van der Waals surface area contributed by atoms with E-state index in [1.807, 2.05) is 37.4 Å². The lowest BCUT2D eigenvalue weighted by atomic mass is 10.1. The molecule has 0 radical (unpaired) electrons. The molecule has 4 nitrogen and oxygen atoms in total. The van der Waals surface area contributed by atoms with Gasteiger partial charge in [0.25, 0.3) is 0 Å². The van der Waals surface area contributed by atoms with Crippen molar-refractivity contribution in [2.75, 3.05) is 18.6 Å². The Bertz CT molecular complexity index is 408. The van der Waals surface area contributed by atoms with E-state index in [1.54, 1.807) is 11.8 Å². The number of aryl methyl sites for hydroxylation is 1. The van der Waals surface area contributed by atoms with Gasteiger partial charge in [0.1, 0.15) is 0 Å². The van der Waals surface area contributed by atoms with E-state index in [-0.39, 0.29) is 23.8 Å². The molecule has 5 heteroatoms. The van der Waals surface area contributed by atoms with Gasteiger partial charge in [-0.25, -0.2) is 0 Å². The summed E-state index contributed by atoms with van der Waals surface area (Å²) in [6.45, 7) is 1.98. The van der Waals surface area contributed by atoms with E-state index in [9.17, 15) is 4.79 Å². The number of hydrogen-bond donors (Lipinski definition) is 3. The van der Waals surface area contributed by atoms with Gasteiger partial charge in [-0.15, -0.1) is 0 Å². The average molecular weight is 282 g/mol. The first-order valence-corrected chi connectivity index (χ1v) is 7.63. The third-order valence-electron chi connectivity index (χ3n) is 3.02. The number of aliphatic hydroxyl groups excluding tert-OH is 1. The lowest BCUT2D eigenvalue weighted by molar-refractivity contribution is -0.121. The molecule has 0 saturated heterocycles. The maximum Gasteiger partial charge on any atom is 0.220 e. The minimum atomic E-state index is -0.0339. The van der Waals surface area contributed by atoms with Crippen molar-refractivity contribution in [2.45, 2.75) is 31.1 Å². The van der Waals surface area contributed by atoms with E-state index in [2.05, 4.69) is 5.32 Å². The van der Waals surface area contributed by atoms with Gasteiger partial charge in [0, 0.05) is 23.4 Å². The van der Waals surface area contributed by atoms with Crippen LogP contribution in [0.25, 0.3) is 0 Å². The topological polar surface area (TPSA) is 75.3 Å². The van der Waals surface area contributed by atoms with Gasteiger partial charge in [0.05, 0.1) is 6.61 Å². The van der Waals surface area contributed by atoms with E-state index in [0.717, 1.165) is 5.56 Å². The number of amides is 1. The van der Waals surface area contributed by atoms with Crippen LogP contribution >= 0.6 is 11.8 Å². The molecule has 0 bridgehead atoms. The third kappa shape index (κ3) is 5.53. The highest BCUT2D eigenvalue weighted by atomic mass is 32.2. The van der Waals surface area contributed by atoms with Crippen LogP contribution in [0.4, 0.5) is 5.69 Å². The van der Waals surface area contributed by atoms with Crippen molar-refractivity contribution in [3.63, 3.8) is 0 Å². The average Bonchev–Trinajstić information content (AvgIpc) is 2.38. The lowest BCUT2D eigenvalue weighted by Crippen LogP contribution is -2.41. The van der Waals surface area contributed by atoms with Crippen LogP contribution in [0.5, 0.6) is 0 Å². The van der Waals surface area contributed by atoms with Crippen molar-refractivity contribution in [1.82, 2.24) is 5.32 Å². The number of thioether (sulfide) groups is 1. The Morgan fingerprint density at radius 3 is 2.84 bits per heavy atom. The van der Waals surface area contributed by atoms with Gasteiger partial charge >= 0.3 is 0 Å². The Balaban J connectivity index is 2.39. The molecule has 4 N–H and O–H groups in total. The number of nitrogen functional groups attached to an aromatic ring is 1. The van der Waals surface area contributed by atoms with E-state index in [1.165, 1.54) is 0 Å². The second-order valence-electron chi connectivity index (χ2n) is 4.56. The molecule has 0 fully saturated rings. The SMILES string of the molecule is CSC(CO)C(C)NC(=O)CCc1cccc(N)c1. The summed E-state index contributed by atoms with van der Waals surface area (Å²) in [5.41, 5.74) is 7.47. The second-order valence-corrected chi connectivity index (χ2v) is 5.63. The van der Waals surface area contributed by atoms with Gasteiger partial charge < -0.3 is 16.2 Å². The van der Waals surface area contributed by atoms with Crippen LogP contribution in [0.15, 0.2) is 24.3 Å². The van der Waals surface area contributed by atoms with Gasteiger partial charge in [-0.3, -0.25) is 4.79 Å². The van der Waals surface area contributed by atoms with Crippen LogP contribution in [0.3, 0.4) is 0 Å². The molecule has 1 aromatic carbocycles. The first-order chi connectivity index (χ1) is 9.06. The summed E-state index contributed by atoms with van der Waals surface area (Å²) in [7, 11) is 0. The predicted molar refractivity (Wildman–Crippen MR) is 81.2 cm³/mol. The van der Waals surface area contributed by atoms with Crippen molar-refractivity contribution in [2.24, 2.45) is 0 Å². The molecule has 1 aromatic rings. The van der Waals surface area contributed by atoms with E-state index in [4.69, 9.17) is 10.8 Å². The Hall–Kier alpha value is -1.20. The van der Waals surface area contributed by atoms with E-state index >= 15 is 0 Å². The maximum atomic E-state index is 11.8. The zero-order valence-electron chi connectivity index (χ0n) is 11.4. The normalized spacial score (nSPS) is 13.8. The van der Waals surface area contributed by atoms with Crippen molar-refractivity contribution >= 4 is 23.4 Å². The number of nitrogens with one attached hydrogen (secondary N) is 1. The number of rotatable bonds is 7. The molecule has 2 atom stereocenters. The minimum absolute atomic E-state index is 0.00224. The van der Waals surface area contributed by atoms with Crippen LogP contribution in [-0.2, 0) is 11.2 Å². The van der Waals surface area contributed by atoms with Gasteiger partial charge in [-0.1, -0.05) is 12.1 Å². The largest absolute Gasteiger partial charge is 0.399 e. The zero-order valence-corrected chi connectivity index (χ0v) is 12.2. The molecule has 0 aliphatic carbocycles. The molecule has 0 spiro atoms. The Kier molecular flexibility index (Phi) is 6.73. The van der Waals surface area contributed by atoms with Crippen LogP contribution in [0.2, 0.25) is 0 Å².